The predicted molar refractivity (Wildman–Crippen MR) is 113 cm³/mol. The van der Waals surface area contributed by atoms with Gasteiger partial charge in [0.15, 0.2) is 5.78 Å². The molecule has 172 valence electrons. The topological polar surface area (TPSA) is 111 Å². The lowest BCUT2D eigenvalue weighted by Crippen LogP contribution is -2.46. The highest BCUT2D eigenvalue weighted by molar-refractivity contribution is 6.37. The Balaban J connectivity index is 2.78. The van der Waals surface area contributed by atoms with Gasteiger partial charge in [0, 0.05) is 32.1 Å². The van der Waals surface area contributed by atoms with Crippen molar-refractivity contribution >= 4 is 23.6 Å². The average molecular weight is 427 g/mol. The molecule has 1 aliphatic rings. The molecule has 0 aromatic rings. The monoisotopic (exact) mass is 426 g/mol. The Morgan fingerprint density at radius 2 is 1.83 bits per heavy atom. The second kappa shape index (κ2) is 12.7. The number of Topliss-reactive ketones (excluding diaryl/α,β-unsaturated/α-hetero) is 2. The van der Waals surface area contributed by atoms with Crippen molar-refractivity contribution in [1.82, 2.24) is 10.6 Å². The number of hydrogen-bond acceptors (Lipinski definition) is 6. The fourth-order valence-corrected chi connectivity index (χ4v) is 3.11. The Kier molecular flexibility index (Phi) is 11.0. The van der Waals surface area contributed by atoms with Crippen LogP contribution in [-0.4, -0.2) is 56.0 Å². The summed E-state index contributed by atoms with van der Waals surface area (Å²) in [7, 11) is 0. The zero-order chi connectivity index (χ0) is 22.7. The lowest BCUT2D eigenvalue weighted by molar-refractivity contribution is -0.141. The average Bonchev–Trinajstić information content (AvgIpc) is 2.65. The smallest absolute Gasteiger partial charge is 0.407 e. The van der Waals surface area contributed by atoms with Crippen LogP contribution in [0.25, 0.3) is 0 Å². The molecule has 1 rings (SSSR count). The van der Waals surface area contributed by atoms with Crippen molar-refractivity contribution in [3.05, 3.63) is 0 Å². The Morgan fingerprint density at radius 3 is 2.47 bits per heavy atom. The first kappa shape index (κ1) is 26.1. The number of nitrogens with one attached hydrogen (secondary N) is 2. The highest BCUT2D eigenvalue weighted by atomic mass is 16.5. The van der Waals surface area contributed by atoms with Gasteiger partial charge in [-0.2, -0.15) is 0 Å². The molecule has 0 radical (unpaired) electrons. The summed E-state index contributed by atoms with van der Waals surface area (Å²) in [6, 6.07) is -0.780. The molecule has 1 fully saturated rings. The van der Waals surface area contributed by atoms with Gasteiger partial charge in [-0.05, 0) is 30.6 Å². The van der Waals surface area contributed by atoms with Gasteiger partial charge in [-0.25, -0.2) is 4.79 Å². The summed E-state index contributed by atoms with van der Waals surface area (Å²) in [5, 5.41) is 5.23. The fourth-order valence-electron chi connectivity index (χ4n) is 3.11. The van der Waals surface area contributed by atoms with Gasteiger partial charge in [-0.1, -0.05) is 41.0 Å². The number of ether oxygens (including phenoxy) is 2. The number of alkyl carbamates (subject to hydrolysis) is 1. The minimum atomic E-state index is -0.780. The van der Waals surface area contributed by atoms with E-state index in [9.17, 15) is 19.2 Å². The number of amides is 2. The lowest BCUT2D eigenvalue weighted by Gasteiger charge is -2.24. The van der Waals surface area contributed by atoms with Crippen LogP contribution in [0, 0.1) is 17.3 Å². The minimum Gasteiger partial charge on any atom is -0.449 e. The van der Waals surface area contributed by atoms with Crippen molar-refractivity contribution in [3.8, 4) is 0 Å². The number of carbonyl (C=O) groups is 4. The van der Waals surface area contributed by atoms with Crippen LogP contribution in [0.15, 0.2) is 0 Å². The molecule has 2 unspecified atom stereocenters. The zero-order valence-electron chi connectivity index (χ0n) is 19.0. The first-order valence-corrected chi connectivity index (χ1v) is 10.9. The Hall–Kier alpha value is -1.96. The summed E-state index contributed by atoms with van der Waals surface area (Å²) >= 11 is 0. The van der Waals surface area contributed by atoms with Gasteiger partial charge in [0.25, 0.3) is 5.91 Å². The second-order valence-electron chi connectivity index (χ2n) is 9.45. The minimum absolute atomic E-state index is 0.0878. The van der Waals surface area contributed by atoms with E-state index >= 15 is 0 Å². The number of rotatable bonds is 6. The molecule has 8 nitrogen and oxygen atoms in total. The molecular formula is C22H38N2O6. The van der Waals surface area contributed by atoms with E-state index in [-0.39, 0.29) is 30.1 Å². The number of carbonyl (C=O) groups excluding carboxylic acids is 4. The van der Waals surface area contributed by atoms with E-state index < -0.39 is 29.7 Å². The molecule has 1 heterocycles. The van der Waals surface area contributed by atoms with Crippen LogP contribution in [0.2, 0.25) is 0 Å². The largest absolute Gasteiger partial charge is 0.449 e. The summed E-state index contributed by atoms with van der Waals surface area (Å²) in [5.41, 5.74) is -0.189. The summed E-state index contributed by atoms with van der Waals surface area (Å²) in [4.78, 5) is 49.9. The van der Waals surface area contributed by atoms with Gasteiger partial charge in [0.05, 0.1) is 12.6 Å². The van der Waals surface area contributed by atoms with E-state index in [1.807, 2.05) is 34.6 Å². The molecule has 0 aliphatic carbocycles. The molecule has 30 heavy (non-hydrogen) atoms. The molecule has 8 heteroatoms. The Labute approximate surface area is 179 Å². The molecule has 1 saturated heterocycles. The van der Waals surface area contributed by atoms with E-state index in [4.69, 9.17) is 9.47 Å². The highest BCUT2D eigenvalue weighted by Gasteiger charge is 2.32. The van der Waals surface area contributed by atoms with Gasteiger partial charge in [-0.15, -0.1) is 0 Å². The third kappa shape index (κ3) is 10.2. The normalized spacial score (nSPS) is 20.5. The summed E-state index contributed by atoms with van der Waals surface area (Å²) < 4.78 is 10.7. The molecule has 1 aliphatic heterocycles. The van der Waals surface area contributed by atoms with Crippen LogP contribution in [0.5, 0.6) is 0 Å². The Bertz CT molecular complexity index is 597. The maximum Gasteiger partial charge on any atom is 0.407 e. The van der Waals surface area contributed by atoms with Gasteiger partial charge in [0.2, 0.25) is 5.78 Å². The first-order valence-electron chi connectivity index (χ1n) is 10.9. The maximum atomic E-state index is 12.9. The highest BCUT2D eigenvalue weighted by Crippen LogP contribution is 2.19. The van der Waals surface area contributed by atoms with Crippen molar-refractivity contribution in [2.24, 2.45) is 17.3 Å². The van der Waals surface area contributed by atoms with E-state index in [0.717, 1.165) is 6.42 Å². The molecule has 0 aromatic heterocycles. The van der Waals surface area contributed by atoms with E-state index in [0.29, 0.717) is 39.0 Å². The van der Waals surface area contributed by atoms with Crippen LogP contribution in [0.4, 0.5) is 4.79 Å². The van der Waals surface area contributed by atoms with Crippen LogP contribution in [0.3, 0.4) is 0 Å². The summed E-state index contributed by atoms with van der Waals surface area (Å²) in [5.74, 6) is -2.38. The molecule has 0 spiro atoms. The standard InChI is InChI=1S/C22H38N2O6/c1-15(2)18(24-21(28)30-14-22(3,4)5)17(25)13-16-9-6-7-11-29-12-8-10-23-20(27)19(16)26/h15-16,18H,6-14H2,1-5H3,(H,23,27)(H,24,28). The third-order valence-corrected chi connectivity index (χ3v) is 4.81. The van der Waals surface area contributed by atoms with Crippen LogP contribution in [-0.2, 0) is 23.9 Å². The van der Waals surface area contributed by atoms with Gasteiger partial charge < -0.3 is 20.1 Å². The van der Waals surface area contributed by atoms with Crippen LogP contribution in [0.1, 0.15) is 66.7 Å². The van der Waals surface area contributed by atoms with Crippen molar-refractivity contribution in [1.29, 1.82) is 0 Å². The van der Waals surface area contributed by atoms with Gasteiger partial charge in [-0.3, -0.25) is 14.4 Å². The van der Waals surface area contributed by atoms with Gasteiger partial charge in [0.1, 0.15) is 0 Å². The predicted octanol–water partition coefficient (Wildman–Crippen LogP) is 2.63. The molecule has 0 bridgehead atoms. The molecular weight excluding hydrogens is 388 g/mol. The van der Waals surface area contributed by atoms with Crippen molar-refractivity contribution in [2.45, 2.75) is 72.8 Å². The van der Waals surface area contributed by atoms with Crippen molar-refractivity contribution in [3.63, 3.8) is 0 Å². The summed E-state index contributed by atoms with van der Waals surface area (Å²) in [6.45, 7) is 11.2. The first-order chi connectivity index (χ1) is 14.0. The third-order valence-electron chi connectivity index (χ3n) is 4.81. The SMILES string of the molecule is CC(C)C(NC(=O)OCC(C)(C)C)C(=O)CC1CCCCOCCCNC(=O)C1=O. The number of ketones is 2. The lowest BCUT2D eigenvalue weighted by atomic mass is 9.87. The molecule has 2 atom stereocenters. The molecule has 0 aromatic carbocycles. The van der Waals surface area contributed by atoms with Crippen LogP contribution >= 0.6 is 0 Å². The quantitative estimate of drug-likeness (QED) is 0.632. The Morgan fingerprint density at radius 1 is 1.17 bits per heavy atom. The maximum absolute atomic E-state index is 12.9. The van der Waals surface area contributed by atoms with Crippen LogP contribution < -0.4 is 10.6 Å². The van der Waals surface area contributed by atoms with Crippen molar-refractivity contribution < 1.29 is 28.7 Å². The van der Waals surface area contributed by atoms with E-state index in [2.05, 4.69) is 10.6 Å². The zero-order valence-corrected chi connectivity index (χ0v) is 19.0. The number of hydrogen-bond donors (Lipinski definition) is 2. The fraction of sp³-hybridized carbons (Fsp3) is 0.818. The molecule has 2 N–H and O–H groups in total. The second-order valence-corrected chi connectivity index (χ2v) is 9.45. The van der Waals surface area contributed by atoms with Crippen molar-refractivity contribution in [2.75, 3.05) is 26.4 Å². The van der Waals surface area contributed by atoms with E-state index in [1.54, 1.807) is 0 Å². The van der Waals surface area contributed by atoms with E-state index in [1.165, 1.54) is 0 Å². The molecule has 0 saturated carbocycles. The summed E-state index contributed by atoms with van der Waals surface area (Å²) in [6.07, 6.45) is 1.78. The molecule has 2 amide bonds. The van der Waals surface area contributed by atoms with Gasteiger partial charge >= 0.3 is 6.09 Å².